The third kappa shape index (κ3) is 5.28. The zero-order valence-electron chi connectivity index (χ0n) is 19.8. The number of morpholine rings is 1. The number of halogens is 3. The molecule has 0 amide bonds. The third-order valence-electron chi connectivity index (χ3n) is 6.86. The summed E-state index contributed by atoms with van der Waals surface area (Å²) in [6.07, 6.45) is -5.04. The first kappa shape index (κ1) is 27.3. The van der Waals surface area contributed by atoms with Crippen LogP contribution in [0.15, 0.2) is 46.0 Å². The van der Waals surface area contributed by atoms with Crippen molar-refractivity contribution in [1.82, 2.24) is 9.21 Å². The number of hydrogen-bond donors (Lipinski definition) is 2. The molecule has 3 heterocycles. The smallest absolute Gasteiger partial charge is 0.393 e. The first-order valence-electron chi connectivity index (χ1n) is 11.6. The molecule has 2 aromatic rings. The summed E-state index contributed by atoms with van der Waals surface area (Å²) < 4.78 is 73.8. The van der Waals surface area contributed by atoms with E-state index in [9.17, 15) is 31.8 Å². The maximum atomic E-state index is 13.4. The lowest BCUT2D eigenvalue weighted by molar-refractivity contribution is -0.277. The van der Waals surface area contributed by atoms with E-state index >= 15 is 0 Å². The van der Waals surface area contributed by atoms with Crippen LogP contribution in [0.5, 0.6) is 0 Å². The number of sulfonamides is 1. The van der Waals surface area contributed by atoms with Crippen molar-refractivity contribution in [3.05, 3.63) is 47.3 Å². The van der Waals surface area contributed by atoms with E-state index in [0.717, 1.165) is 23.5 Å². The summed E-state index contributed by atoms with van der Waals surface area (Å²) in [5, 5.41) is 21.0. The van der Waals surface area contributed by atoms with Crippen molar-refractivity contribution in [3.63, 3.8) is 0 Å². The number of nitrogens with zero attached hydrogens (tertiary/aromatic N) is 3. The number of aliphatic hydroxyl groups excluding tert-OH is 1. The number of anilines is 1. The Morgan fingerprint density at radius 2 is 1.86 bits per heavy atom. The zero-order chi connectivity index (χ0) is 26.1. The van der Waals surface area contributed by atoms with E-state index in [1.807, 2.05) is 11.8 Å². The Morgan fingerprint density at radius 1 is 1.14 bits per heavy atom. The molecule has 0 aliphatic carbocycles. The molecule has 0 saturated carbocycles. The molecule has 2 fully saturated rings. The number of aliphatic hydroxyl groups is 2. The van der Waals surface area contributed by atoms with Gasteiger partial charge in [-0.1, -0.05) is 18.2 Å². The molecule has 36 heavy (non-hydrogen) atoms. The molecule has 2 aliphatic rings. The molecule has 0 spiro atoms. The molecule has 2 aliphatic heterocycles. The van der Waals surface area contributed by atoms with Crippen LogP contribution in [-0.2, 0) is 20.4 Å². The van der Waals surface area contributed by atoms with Crippen LogP contribution in [0.4, 0.5) is 18.9 Å². The second-order valence-corrected chi connectivity index (χ2v) is 12.2. The van der Waals surface area contributed by atoms with E-state index < -0.39 is 34.0 Å². The van der Waals surface area contributed by atoms with E-state index in [4.69, 9.17) is 4.74 Å². The molecule has 1 aromatic heterocycles. The van der Waals surface area contributed by atoms with Crippen LogP contribution in [0.3, 0.4) is 0 Å². The second-order valence-electron chi connectivity index (χ2n) is 9.12. The lowest BCUT2D eigenvalue weighted by Gasteiger charge is -2.45. The quantitative estimate of drug-likeness (QED) is 0.547. The molecular formula is C23H30F3N3O5S2. The normalized spacial score (nSPS) is 24.6. The highest BCUT2D eigenvalue weighted by molar-refractivity contribution is 7.91. The Hall–Kier alpha value is -1.74. The Labute approximate surface area is 212 Å². The van der Waals surface area contributed by atoms with Gasteiger partial charge in [-0.2, -0.15) is 17.5 Å². The summed E-state index contributed by atoms with van der Waals surface area (Å²) in [6.45, 7) is 3.70. The summed E-state index contributed by atoms with van der Waals surface area (Å²) in [4.78, 5) is 4.23. The van der Waals surface area contributed by atoms with Crippen molar-refractivity contribution in [2.75, 3.05) is 57.4 Å². The third-order valence-corrected chi connectivity index (χ3v) is 10.1. The first-order chi connectivity index (χ1) is 17.0. The van der Waals surface area contributed by atoms with Crippen LogP contribution >= 0.6 is 11.3 Å². The summed E-state index contributed by atoms with van der Waals surface area (Å²) in [7, 11) is -3.66. The highest BCUT2D eigenvalue weighted by Crippen LogP contribution is 2.39. The maximum Gasteiger partial charge on any atom is 0.423 e. The fourth-order valence-corrected chi connectivity index (χ4v) is 7.27. The zero-order valence-corrected chi connectivity index (χ0v) is 21.4. The first-order valence-corrected chi connectivity index (χ1v) is 13.9. The average molecular weight is 550 g/mol. The van der Waals surface area contributed by atoms with Gasteiger partial charge in [-0.15, -0.1) is 11.3 Å². The molecule has 3 atom stereocenters. The summed E-state index contributed by atoms with van der Waals surface area (Å²) in [6, 6.07) is 8.40. The minimum Gasteiger partial charge on any atom is -0.393 e. The predicted molar refractivity (Wildman–Crippen MR) is 130 cm³/mol. The van der Waals surface area contributed by atoms with Gasteiger partial charge in [-0.3, -0.25) is 4.90 Å². The molecule has 200 valence electrons. The van der Waals surface area contributed by atoms with Gasteiger partial charge in [0, 0.05) is 44.5 Å². The molecule has 2 N–H and O–H groups in total. The SMILES string of the molecule is CC1COCCN1CC1CN(S(=O)(=O)c2cccs2)CCN1c1ccc(C(O)(CO)C(F)(F)F)cc1. The summed E-state index contributed by atoms with van der Waals surface area (Å²) in [5.74, 6) is 0. The molecule has 3 unspecified atom stereocenters. The Bertz CT molecular complexity index is 1120. The summed E-state index contributed by atoms with van der Waals surface area (Å²) in [5.41, 5.74) is -3.21. The molecule has 1 aromatic carbocycles. The number of rotatable bonds is 7. The Balaban J connectivity index is 1.61. The number of ether oxygens (including phenoxy) is 1. The van der Waals surface area contributed by atoms with Crippen LogP contribution < -0.4 is 4.90 Å². The van der Waals surface area contributed by atoms with E-state index in [-0.39, 0.29) is 29.4 Å². The van der Waals surface area contributed by atoms with E-state index in [0.29, 0.717) is 38.5 Å². The molecule has 8 nitrogen and oxygen atoms in total. The van der Waals surface area contributed by atoms with Gasteiger partial charge in [0.25, 0.3) is 10.0 Å². The van der Waals surface area contributed by atoms with Crippen LogP contribution in [0, 0.1) is 0 Å². The van der Waals surface area contributed by atoms with Gasteiger partial charge in [0.05, 0.1) is 25.9 Å². The predicted octanol–water partition coefficient (Wildman–Crippen LogP) is 2.09. The highest BCUT2D eigenvalue weighted by Gasteiger charge is 2.54. The van der Waals surface area contributed by atoms with Crippen molar-refractivity contribution in [3.8, 4) is 0 Å². The summed E-state index contributed by atoms with van der Waals surface area (Å²) >= 11 is 1.16. The highest BCUT2D eigenvalue weighted by atomic mass is 32.2. The molecule has 0 bridgehead atoms. The van der Waals surface area contributed by atoms with Crippen molar-refractivity contribution < 1.29 is 36.5 Å². The Kier molecular flexibility index (Phi) is 8.01. The average Bonchev–Trinajstić information content (AvgIpc) is 3.40. The molecule has 2 saturated heterocycles. The van der Waals surface area contributed by atoms with Crippen LogP contribution in [0.25, 0.3) is 0 Å². The van der Waals surface area contributed by atoms with Crippen LogP contribution in [-0.4, -0.2) is 98.6 Å². The van der Waals surface area contributed by atoms with Gasteiger partial charge in [0.15, 0.2) is 0 Å². The van der Waals surface area contributed by atoms with Gasteiger partial charge in [0.1, 0.15) is 4.21 Å². The fourth-order valence-electron chi connectivity index (χ4n) is 4.66. The minimum atomic E-state index is -5.04. The number of alkyl halides is 3. The molecule has 4 rings (SSSR count). The Morgan fingerprint density at radius 3 is 2.44 bits per heavy atom. The maximum absolute atomic E-state index is 13.4. The standard InChI is InChI=1S/C23H30F3N3O5S2/c1-17-15-34-11-10-27(17)13-20-14-28(36(32,33)21-3-2-12-35-21)8-9-29(20)19-6-4-18(5-7-19)22(31,16-30)23(24,25)26/h2-7,12,17,20,30-31H,8-11,13-16H2,1H3. The molecule has 13 heteroatoms. The minimum absolute atomic E-state index is 0.138. The van der Waals surface area contributed by atoms with Crippen LogP contribution in [0.2, 0.25) is 0 Å². The number of hydrogen-bond acceptors (Lipinski definition) is 8. The van der Waals surface area contributed by atoms with Crippen LogP contribution in [0.1, 0.15) is 12.5 Å². The lowest BCUT2D eigenvalue weighted by Crippen LogP contribution is -2.60. The van der Waals surface area contributed by atoms with Gasteiger partial charge in [-0.05, 0) is 36.1 Å². The van der Waals surface area contributed by atoms with E-state index in [1.165, 1.54) is 16.4 Å². The van der Waals surface area contributed by atoms with Crippen molar-refractivity contribution in [2.45, 2.75) is 35.0 Å². The number of benzene rings is 1. The number of piperazine rings is 1. The van der Waals surface area contributed by atoms with E-state index in [2.05, 4.69) is 4.90 Å². The fraction of sp³-hybridized carbons (Fsp3) is 0.565. The molecule has 0 radical (unpaired) electrons. The monoisotopic (exact) mass is 549 g/mol. The molecular weight excluding hydrogens is 519 g/mol. The van der Waals surface area contributed by atoms with Gasteiger partial charge in [0.2, 0.25) is 5.60 Å². The second kappa shape index (κ2) is 10.6. The number of thiophene rings is 1. The van der Waals surface area contributed by atoms with Crippen molar-refractivity contribution in [1.29, 1.82) is 0 Å². The van der Waals surface area contributed by atoms with Crippen molar-refractivity contribution in [2.24, 2.45) is 0 Å². The van der Waals surface area contributed by atoms with Crippen molar-refractivity contribution >= 4 is 27.0 Å². The largest absolute Gasteiger partial charge is 0.423 e. The topological polar surface area (TPSA) is 93.6 Å². The van der Waals surface area contributed by atoms with Gasteiger partial charge in [-0.25, -0.2) is 8.42 Å². The van der Waals surface area contributed by atoms with E-state index in [1.54, 1.807) is 17.5 Å². The lowest BCUT2D eigenvalue weighted by atomic mass is 9.93. The van der Waals surface area contributed by atoms with Gasteiger partial charge < -0.3 is 19.8 Å². The van der Waals surface area contributed by atoms with Gasteiger partial charge >= 0.3 is 6.18 Å².